The highest BCUT2D eigenvalue weighted by atomic mass is 16.5. The van der Waals surface area contributed by atoms with Crippen molar-refractivity contribution in [1.82, 2.24) is 0 Å². The van der Waals surface area contributed by atoms with E-state index in [0.717, 1.165) is 0 Å². The third kappa shape index (κ3) is 4.57. The van der Waals surface area contributed by atoms with Gasteiger partial charge in [0.05, 0.1) is 6.61 Å². The second-order valence-corrected chi connectivity index (χ2v) is 4.83. The lowest BCUT2D eigenvalue weighted by Crippen LogP contribution is -2.30. The van der Waals surface area contributed by atoms with E-state index in [4.69, 9.17) is 9.47 Å². The van der Waals surface area contributed by atoms with Gasteiger partial charge < -0.3 is 14.8 Å². The predicted octanol–water partition coefficient (Wildman–Crippen LogP) is 3.27. The molecule has 5 heteroatoms. The standard InChI is InChI=1S/C18H19NO4/c1-3-22-16-12-8-7-11-15(16)18(21)23-13(2)17(20)19-14-9-5-4-6-10-14/h4-13H,3H2,1-2H3,(H,19,20)/t13-/m0/s1. The molecule has 0 aliphatic carbocycles. The Morgan fingerprint density at radius 2 is 1.70 bits per heavy atom. The summed E-state index contributed by atoms with van der Waals surface area (Å²) in [5.41, 5.74) is 0.948. The van der Waals surface area contributed by atoms with Gasteiger partial charge in [-0.3, -0.25) is 4.79 Å². The molecule has 2 aromatic rings. The quantitative estimate of drug-likeness (QED) is 0.831. The number of esters is 1. The summed E-state index contributed by atoms with van der Waals surface area (Å²) >= 11 is 0. The predicted molar refractivity (Wildman–Crippen MR) is 87.6 cm³/mol. The molecule has 1 atom stereocenters. The maximum Gasteiger partial charge on any atom is 0.342 e. The first-order valence-electron chi connectivity index (χ1n) is 7.40. The number of hydrogen-bond acceptors (Lipinski definition) is 4. The molecule has 2 aromatic carbocycles. The maximum absolute atomic E-state index is 12.2. The number of para-hydroxylation sites is 2. The van der Waals surface area contributed by atoms with Crippen LogP contribution in [0.3, 0.4) is 0 Å². The number of nitrogens with one attached hydrogen (secondary N) is 1. The number of anilines is 1. The minimum Gasteiger partial charge on any atom is -0.493 e. The van der Waals surface area contributed by atoms with Crippen molar-refractivity contribution >= 4 is 17.6 Å². The molecule has 1 N–H and O–H groups in total. The van der Waals surface area contributed by atoms with Gasteiger partial charge in [0.1, 0.15) is 11.3 Å². The number of hydrogen-bond donors (Lipinski definition) is 1. The highest BCUT2D eigenvalue weighted by Crippen LogP contribution is 2.19. The summed E-state index contributed by atoms with van der Waals surface area (Å²) in [4.78, 5) is 24.3. The van der Waals surface area contributed by atoms with Crippen LogP contribution in [0.1, 0.15) is 24.2 Å². The lowest BCUT2D eigenvalue weighted by atomic mass is 10.2. The van der Waals surface area contributed by atoms with E-state index in [9.17, 15) is 9.59 Å². The monoisotopic (exact) mass is 313 g/mol. The molecule has 0 radical (unpaired) electrons. The number of benzene rings is 2. The molecular formula is C18H19NO4. The molecule has 0 aliphatic heterocycles. The van der Waals surface area contributed by atoms with Gasteiger partial charge in [-0.2, -0.15) is 0 Å². The van der Waals surface area contributed by atoms with Crippen LogP contribution in [0.4, 0.5) is 5.69 Å². The maximum atomic E-state index is 12.2. The van der Waals surface area contributed by atoms with Gasteiger partial charge in [-0.05, 0) is 38.1 Å². The van der Waals surface area contributed by atoms with Crippen molar-refractivity contribution in [1.29, 1.82) is 0 Å². The molecule has 0 spiro atoms. The number of ether oxygens (including phenoxy) is 2. The van der Waals surface area contributed by atoms with Gasteiger partial charge in [0.2, 0.25) is 0 Å². The molecule has 0 saturated heterocycles. The second-order valence-electron chi connectivity index (χ2n) is 4.83. The topological polar surface area (TPSA) is 64.6 Å². The van der Waals surface area contributed by atoms with Gasteiger partial charge in [-0.25, -0.2) is 4.79 Å². The number of carbonyl (C=O) groups is 2. The van der Waals surface area contributed by atoms with E-state index >= 15 is 0 Å². The minimum absolute atomic E-state index is 0.300. The van der Waals surface area contributed by atoms with Crippen LogP contribution >= 0.6 is 0 Å². The Kier molecular flexibility index (Phi) is 5.74. The van der Waals surface area contributed by atoms with Gasteiger partial charge in [0.25, 0.3) is 5.91 Å². The highest BCUT2D eigenvalue weighted by molar-refractivity contribution is 5.98. The van der Waals surface area contributed by atoms with E-state index in [-0.39, 0.29) is 0 Å². The number of amides is 1. The first kappa shape index (κ1) is 16.5. The van der Waals surface area contributed by atoms with E-state index in [1.165, 1.54) is 6.92 Å². The SMILES string of the molecule is CCOc1ccccc1C(=O)O[C@@H](C)C(=O)Nc1ccccc1. The highest BCUT2D eigenvalue weighted by Gasteiger charge is 2.21. The Hall–Kier alpha value is -2.82. The van der Waals surface area contributed by atoms with Crippen LogP contribution in [-0.2, 0) is 9.53 Å². The fourth-order valence-electron chi connectivity index (χ4n) is 1.96. The van der Waals surface area contributed by atoms with Gasteiger partial charge in [0, 0.05) is 5.69 Å². The van der Waals surface area contributed by atoms with Gasteiger partial charge in [0.15, 0.2) is 6.10 Å². The fraction of sp³-hybridized carbons (Fsp3) is 0.222. The molecule has 2 rings (SSSR count). The Morgan fingerprint density at radius 1 is 1.04 bits per heavy atom. The molecule has 0 heterocycles. The van der Waals surface area contributed by atoms with Crippen molar-refractivity contribution in [2.45, 2.75) is 20.0 Å². The van der Waals surface area contributed by atoms with Gasteiger partial charge in [-0.1, -0.05) is 30.3 Å². The fourth-order valence-corrected chi connectivity index (χ4v) is 1.96. The lowest BCUT2D eigenvalue weighted by Gasteiger charge is -2.15. The van der Waals surface area contributed by atoms with E-state index in [2.05, 4.69) is 5.32 Å². The van der Waals surface area contributed by atoms with Crippen LogP contribution in [0.25, 0.3) is 0 Å². The van der Waals surface area contributed by atoms with E-state index in [0.29, 0.717) is 23.6 Å². The van der Waals surface area contributed by atoms with Crippen molar-refractivity contribution in [3.05, 3.63) is 60.2 Å². The molecule has 0 fully saturated rings. The Balaban J connectivity index is 2.01. The van der Waals surface area contributed by atoms with Crippen LogP contribution < -0.4 is 10.1 Å². The van der Waals surface area contributed by atoms with Crippen LogP contribution in [0.5, 0.6) is 5.75 Å². The summed E-state index contributed by atoms with van der Waals surface area (Å²) in [6.45, 7) is 3.80. The minimum atomic E-state index is -0.919. The zero-order valence-corrected chi connectivity index (χ0v) is 13.1. The lowest BCUT2D eigenvalue weighted by molar-refractivity contribution is -0.123. The van der Waals surface area contributed by atoms with Crippen molar-refractivity contribution in [3.63, 3.8) is 0 Å². The van der Waals surface area contributed by atoms with Crippen molar-refractivity contribution < 1.29 is 19.1 Å². The Bertz CT molecular complexity index is 670. The molecule has 0 saturated carbocycles. The molecule has 23 heavy (non-hydrogen) atoms. The Morgan fingerprint density at radius 3 is 2.39 bits per heavy atom. The van der Waals surface area contributed by atoms with Crippen LogP contribution in [-0.4, -0.2) is 24.6 Å². The molecular weight excluding hydrogens is 294 g/mol. The molecule has 5 nitrogen and oxygen atoms in total. The van der Waals surface area contributed by atoms with Gasteiger partial charge >= 0.3 is 5.97 Å². The second kappa shape index (κ2) is 7.98. The van der Waals surface area contributed by atoms with Crippen LogP contribution in [0, 0.1) is 0 Å². The summed E-state index contributed by atoms with van der Waals surface area (Å²) in [6, 6.07) is 15.8. The number of carbonyl (C=O) groups excluding carboxylic acids is 2. The van der Waals surface area contributed by atoms with Gasteiger partial charge in [-0.15, -0.1) is 0 Å². The molecule has 0 aliphatic rings. The first-order valence-corrected chi connectivity index (χ1v) is 7.40. The molecule has 0 aromatic heterocycles. The van der Waals surface area contributed by atoms with Crippen LogP contribution in [0.15, 0.2) is 54.6 Å². The summed E-state index contributed by atoms with van der Waals surface area (Å²) in [5.74, 6) is -0.543. The first-order chi connectivity index (χ1) is 11.1. The van der Waals surface area contributed by atoms with Crippen molar-refractivity contribution in [3.8, 4) is 5.75 Å². The average Bonchev–Trinajstić information content (AvgIpc) is 2.56. The average molecular weight is 313 g/mol. The van der Waals surface area contributed by atoms with Crippen LogP contribution in [0.2, 0.25) is 0 Å². The molecule has 1 amide bonds. The molecule has 120 valence electrons. The third-order valence-corrected chi connectivity index (χ3v) is 3.10. The largest absolute Gasteiger partial charge is 0.493 e. The summed E-state index contributed by atoms with van der Waals surface area (Å²) < 4.78 is 10.6. The summed E-state index contributed by atoms with van der Waals surface area (Å²) in [5, 5.41) is 2.69. The Labute approximate surface area is 135 Å². The zero-order chi connectivity index (χ0) is 16.7. The van der Waals surface area contributed by atoms with E-state index in [1.54, 1.807) is 36.4 Å². The summed E-state index contributed by atoms with van der Waals surface area (Å²) in [7, 11) is 0. The molecule has 0 unspecified atom stereocenters. The van der Waals surface area contributed by atoms with E-state index < -0.39 is 18.0 Å². The van der Waals surface area contributed by atoms with Crippen molar-refractivity contribution in [2.24, 2.45) is 0 Å². The summed E-state index contributed by atoms with van der Waals surface area (Å²) in [6.07, 6.45) is -0.919. The normalized spacial score (nSPS) is 11.4. The molecule has 0 bridgehead atoms. The smallest absolute Gasteiger partial charge is 0.342 e. The number of rotatable bonds is 6. The third-order valence-electron chi connectivity index (χ3n) is 3.10. The zero-order valence-electron chi connectivity index (χ0n) is 13.1. The van der Waals surface area contributed by atoms with Crippen molar-refractivity contribution in [2.75, 3.05) is 11.9 Å². The van der Waals surface area contributed by atoms with E-state index in [1.807, 2.05) is 25.1 Å².